The molecular weight excluding hydrogens is 502 g/mol. The van der Waals surface area contributed by atoms with Crippen LogP contribution in [0, 0.1) is 5.92 Å². The topological polar surface area (TPSA) is 130 Å². The van der Waals surface area contributed by atoms with Crippen LogP contribution in [0.15, 0.2) is 24.3 Å². The highest BCUT2D eigenvalue weighted by atomic mass is 35.5. The zero-order valence-electron chi connectivity index (χ0n) is 20.1. The van der Waals surface area contributed by atoms with Crippen molar-refractivity contribution < 1.29 is 19.1 Å². The Morgan fingerprint density at radius 2 is 2.11 bits per heavy atom. The van der Waals surface area contributed by atoms with Crippen LogP contribution in [0.2, 0.25) is 5.02 Å². The Labute approximate surface area is 217 Å². The molecule has 1 aromatic carbocycles. The summed E-state index contributed by atoms with van der Waals surface area (Å²) in [5.41, 5.74) is 7.28. The van der Waals surface area contributed by atoms with Crippen LogP contribution in [-0.2, 0) is 22.5 Å². The van der Waals surface area contributed by atoms with Gasteiger partial charge in [-0.05, 0) is 50.6 Å². The quantitative estimate of drug-likeness (QED) is 0.342. The number of Topliss-reactive ketones (excluding diaryl/α,β-unsaturated/α-hetero) is 1. The van der Waals surface area contributed by atoms with Crippen molar-refractivity contribution in [2.45, 2.75) is 43.8 Å². The van der Waals surface area contributed by atoms with Crippen molar-refractivity contribution in [2.24, 2.45) is 11.7 Å². The molecule has 5 rings (SSSR count). The molecule has 1 aliphatic heterocycles. The molecule has 3 heterocycles. The Morgan fingerprint density at radius 3 is 2.89 bits per heavy atom. The van der Waals surface area contributed by atoms with Gasteiger partial charge < -0.3 is 25.7 Å². The SMILES string of the molecule is COC(=O)C1CCC(NC(=O)c2nc3c(s2)CN(C)CC3)C(N)(C(=O)c2cc3cc(Cl)ccc3[nH]2)C1. The first-order valence-electron chi connectivity index (χ1n) is 11.9. The molecule has 2 aliphatic rings. The number of hydrogen-bond acceptors (Lipinski definition) is 8. The minimum absolute atomic E-state index is 0.0543. The number of aromatic amines is 1. The standard InChI is InChI=1S/C25H28ClN5O4S/c1-31-8-7-17-19(12-31)36-23(29-17)22(33)30-20-6-3-13(24(34)35-2)11-25(20,27)21(32)18-10-14-9-15(26)4-5-16(14)28-18/h4-5,9-10,13,20,28H,3,6-8,11-12,27H2,1-2H3,(H,30,33). The lowest BCUT2D eigenvalue weighted by molar-refractivity contribution is -0.147. The van der Waals surface area contributed by atoms with Crippen LogP contribution in [0.4, 0.5) is 0 Å². The first-order chi connectivity index (χ1) is 17.2. The van der Waals surface area contributed by atoms with Crippen molar-refractivity contribution in [1.82, 2.24) is 20.2 Å². The van der Waals surface area contributed by atoms with Crippen LogP contribution >= 0.6 is 22.9 Å². The number of esters is 1. The monoisotopic (exact) mass is 529 g/mol. The van der Waals surface area contributed by atoms with Gasteiger partial charge in [-0.1, -0.05) is 11.6 Å². The Kier molecular flexibility index (Phi) is 6.63. The van der Waals surface area contributed by atoms with Crippen molar-refractivity contribution in [3.63, 3.8) is 0 Å². The number of likely N-dealkylation sites (N-methyl/N-ethyl adjacent to an activating group) is 1. The number of nitrogens with zero attached hydrogens (tertiary/aromatic N) is 2. The smallest absolute Gasteiger partial charge is 0.308 e. The molecule has 0 radical (unpaired) electrons. The fourth-order valence-corrected chi connectivity index (χ4v) is 6.49. The van der Waals surface area contributed by atoms with Gasteiger partial charge in [-0.15, -0.1) is 11.3 Å². The molecule has 190 valence electrons. The Morgan fingerprint density at radius 1 is 1.31 bits per heavy atom. The van der Waals surface area contributed by atoms with Gasteiger partial charge in [0.1, 0.15) is 5.54 Å². The van der Waals surface area contributed by atoms with Gasteiger partial charge in [0.15, 0.2) is 5.01 Å². The van der Waals surface area contributed by atoms with Gasteiger partial charge in [0.2, 0.25) is 5.78 Å². The fourth-order valence-electron chi connectivity index (χ4n) is 5.21. The largest absolute Gasteiger partial charge is 0.469 e. The maximum absolute atomic E-state index is 13.8. The van der Waals surface area contributed by atoms with Gasteiger partial charge in [0.05, 0.1) is 30.5 Å². The van der Waals surface area contributed by atoms with Crippen LogP contribution < -0.4 is 11.1 Å². The number of benzene rings is 1. The Bertz CT molecular complexity index is 1350. The highest BCUT2D eigenvalue weighted by Crippen LogP contribution is 2.35. The van der Waals surface area contributed by atoms with E-state index in [4.69, 9.17) is 22.1 Å². The summed E-state index contributed by atoms with van der Waals surface area (Å²) < 4.78 is 4.94. The van der Waals surface area contributed by atoms with E-state index in [0.717, 1.165) is 41.0 Å². The molecule has 3 atom stereocenters. The van der Waals surface area contributed by atoms with E-state index >= 15 is 0 Å². The number of ketones is 1. The third-order valence-corrected chi connectivity index (χ3v) is 8.53. The molecule has 0 saturated heterocycles. The maximum Gasteiger partial charge on any atom is 0.308 e. The van der Waals surface area contributed by atoms with Crippen molar-refractivity contribution >= 4 is 51.5 Å². The number of H-pyrrole nitrogens is 1. The average molecular weight is 530 g/mol. The van der Waals surface area contributed by atoms with Crippen LogP contribution in [-0.4, -0.2) is 64.8 Å². The Balaban J connectivity index is 1.44. The number of nitrogens with two attached hydrogens (primary N) is 1. The highest BCUT2D eigenvalue weighted by molar-refractivity contribution is 7.13. The molecule has 1 fully saturated rings. The second kappa shape index (κ2) is 9.59. The predicted octanol–water partition coefficient (Wildman–Crippen LogP) is 2.92. The number of halogens is 1. The first kappa shape index (κ1) is 24.9. The summed E-state index contributed by atoms with van der Waals surface area (Å²) in [6.45, 7) is 1.65. The van der Waals surface area contributed by atoms with Crippen LogP contribution in [0.5, 0.6) is 0 Å². The molecule has 0 bridgehead atoms. The number of carbonyl (C=O) groups excluding carboxylic acids is 3. The lowest BCUT2D eigenvalue weighted by Crippen LogP contribution is -2.66. The number of nitrogens with one attached hydrogen (secondary N) is 2. The minimum Gasteiger partial charge on any atom is -0.469 e. The summed E-state index contributed by atoms with van der Waals surface area (Å²) in [6.07, 6.45) is 1.65. The molecule has 11 heteroatoms. The molecule has 9 nitrogen and oxygen atoms in total. The van der Waals surface area contributed by atoms with Crippen LogP contribution in [0.3, 0.4) is 0 Å². The highest BCUT2D eigenvalue weighted by Gasteiger charge is 2.50. The minimum atomic E-state index is -1.52. The molecule has 36 heavy (non-hydrogen) atoms. The Hall–Kier alpha value is -2.79. The predicted molar refractivity (Wildman–Crippen MR) is 137 cm³/mol. The molecule has 1 amide bonds. The molecule has 4 N–H and O–H groups in total. The lowest BCUT2D eigenvalue weighted by Gasteiger charge is -2.42. The van der Waals surface area contributed by atoms with E-state index < -0.39 is 23.5 Å². The fraction of sp³-hybridized carbons (Fsp3) is 0.440. The van der Waals surface area contributed by atoms with Crippen molar-refractivity contribution in [1.29, 1.82) is 0 Å². The number of ether oxygens (including phenoxy) is 1. The van der Waals surface area contributed by atoms with Gasteiger partial charge >= 0.3 is 5.97 Å². The van der Waals surface area contributed by atoms with E-state index in [1.165, 1.54) is 18.4 Å². The number of fused-ring (bicyclic) bond motifs is 2. The third-order valence-electron chi connectivity index (χ3n) is 7.22. The number of carbonyl (C=O) groups is 3. The maximum atomic E-state index is 13.8. The van der Waals surface area contributed by atoms with Crippen LogP contribution in [0.1, 0.15) is 50.1 Å². The third kappa shape index (κ3) is 4.54. The van der Waals surface area contributed by atoms with E-state index in [-0.39, 0.29) is 18.1 Å². The van der Waals surface area contributed by atoms with E-state index in [1.807, 2.05) is 7.05 Å². The van der Waals surface area contributed by atoms with Crippen molar-refractivity contribution in [3.05, 3.63) is 50.6 Å². The number of rotatable bonds is 5. The molecule has 3 aromatic rings. The van der Waals surface area contributed by atoms with E-state index in [1.54, 1.807) is 24.3 Å². The second-order valence-corrected chi connectivity index (χ2v) is 11.2. The summed E-state index contributed by atoms with van der Waals surface area (Å²) in [4.78, 5) is 50.4. The number of amides is 1. The molecule has 3 unspecified atom stereocenters. The van der Waals surface area contributed by atoms with Gasteiger partial charge in [0, 0.05) is 40.3 Å². The van der Waals surface area contributed by atoms with Crippen LogP contribution in [0.25, 0.3) is 10.9 Å². The first-order valence-corrected chi connectivity index (χ1v) is 13.0. The molecule has 1 aliphatic carbocycles. The van der Waals surface area contributed by atoms with Crippen molar-refractivity contribution in [3.8, 4) is 0 Å². The van der Waals surface area contributed by atoms with Gasteiger partial charge in [-0.25, -0.2) is 4.98 Å². The van der Waals surface area contributed by atoms with Gasteiger partial charge in [-0.2, -0.15) is 0 Å². The van der Waals surface area contributed by atoms with Gasteiger partial charge in [-0.3, -0.25) is 14.4 Å². The van der Waals surface area contributed by atoms with E-state index in [0.29, 0.717) is 28.6 Å². The summed E-state index contributed by atoms with van der Waals surface area (Å²) in [5, 5.41) is 4.66. The number of thiazole rings is 1. The summed E-state index contributed by atoms with van der Waals surface area (Å²) in [6, 6.07) is 6.29. The molecule has 1 saturated carbocycles. The summed E-state index contributed by atoms with van der Waals surface area (Å²) in [5.74, 6) is -1.69. The zero-order chi connectivity index (χ0) is 25.6. The molecule has 0 spiro atoms. The molecule has 2 aromatic heterocycles. The van der Waals surface area contributed by atoms with Gasteiger partial charge in [0.25, 0.3) is 5.91 Å². The van der Waals surface area contributed by atoms with Crippen molar-refractivity contribution in [2.75, 3.05) is 20.7 Å². The van der Waals surface area contributed by atoms with E-state index in [2.05, 4.69) is 20.2 Å². The summed E-state index contributed by atoms with van der Waals surface area (Å²) in [7, 11) is 3.35. The summed E-state index contributed by atoms with van der Waals surface area (Å²) >= 11 is 7.48. The normalized spacial score (nSPS) is 24.3. The van der Waals surface area contributed by atoms with E-state index in [9.17, 15) is 14.4 Å². The lowest BCUT2D eigenvalue weighted by atomic mass is 9.70. The number of hydrogen-bond donors (Lipinski definition) is 3. The molecular formula is C25H28ClN5O4S. The average Bonchev–Trinajstić information content (AvgIpc) is 3.47. The number of methoxy groups -OCH3 is 1. The second-order valence-electron chi connectivity index (χ2n) is 9.69. The number of aromatic nitrogens is 2. The zero-order valence-corrected chi connectivity index (χ0v) is 21.7.